The van der Waals surface area contributed by atoms with Crippen molar-refractivity contribution in [3.63, 3.8) is 0 Å². The first-order valence-electron chi connectivity index (χ1n) is 6.38. The standard InChI is InChI=1S/C15H18ClN3/c1-2-18-14(12-3-5-13(16)6-4-12)9-11-7-8-19-15(17)10-11/h3-8,10,14,18H,2,9H2,1H3,(H2,17,19). The third kappa shape index (κ3) is 3.94. The van der Waals surface area contributed by atoms with Gasteiger partial charge in [-0.15, -0.1) is 0 Å². The number of nitrogen functional groups attached to an aromatic ring is 1. The smallest absolute Gasteiger partial charge is 0.123 e. The summed E-state index contributed by atoms with van der Waals surface area (Å²) in [6, 6.07) is 12.1. The second-order valence-corrected chi connectivity index (χ2v) is 4.89. The van der Waals surface area contributed by atoms with Crippen LogP contribution in [0.15, 0.2) is 42.6 Å². The van der Waals surface area contributed by atoms with Gasteiger partial charge in [0.1, 0.15) is 5.82 Å². The molecule has 3 N–H and O–H groups in total. The van der Waals surface area contributed by atoms with Crippen LogP contribution in [0.3, 0.4) is 0 Å². The summed E-state index contributed by atoms with van der Waals surface area (Å²) in [6.07, 6.45) is 2.62. The number of hydrogen-bond donors (Lipinski definition) is 2. The van der Waals surface area contributed by atoms with E-state index in [0.29, 0.717) is 5.82 Å². The molecule has 0 aliphatic carbocycles. The Hall–Kier alpha value is -1.58. The largest absolute Gasteiger partial charge is 0.384 e. The first-order valence-corrected chi connectivity index (χ1v) is 6.76. The molecule has 100 valence electrons. The van der Waals surface area contributed by atoms with Gasteiger partial charge in [-0.1, -0.05) is 30.7 Å². The van der Waals surface area contributed by atoms with Gasteiger partial charge in [-0.3, -0.25) is 0 Å². The summed E-state index contributed by atoms with van der Waals surface area (Å²) < 4.78 is 0. The van der Waals surface area contributed by atoms with Gasteiger partial charge in [-0.05, 0) is 48.4 Å². The van der Waals surface area contributed by atoms with Crippen molar-refractivity contribution in [1.82, 2.24) is 10.3 Å². The lowest BCUT2D eigenvalue weighted by Crippen LogP contribution is -2.23. The highest BCUT2D eigenvalue weighted by atomic mass is 35.5. The highest BCUT2D eigenvalue weighted by Crippen LogP contribution is 2.21. The molecule has 0 saturated heterocycles. The quantitative estimate of drug-likeness (QED) is 0.881. The molecule has 1 unspecified atom stereocenters. The molecule has 3 nitrogen and oxygen atoms in total. The molecule has 0 aliphatic rings. The molecule has 0 amide bonds. The molecule has 1 aromatic carbocycles. The number of pyridine rings is 1. The van der Waals surface area contributed by atoms with Crippen LogP contribution in [-0.4, -0.2) is 11.5 Å². The van der Waals surface area contributed by atoms with E-state index in [1.165, 1.54) is 11.1 Å². The monoisotopic (exact) mass is 275 g/mol. The van der Waals surface area contributed by atoms with E-state index >= 15 is 0 Å². The van der Waals surface area contributed by atoms with E-state index in [1.54, 1.807) is 6.20 Å². The maximum atomic E-state index is 5.93. The van der Waals surface area contributed by atoms with E-state index in [2.05, 4.69) is 29.4 Å². The van der Waals surface area contributed by atoms with Crippen LogP contribution in [0.25, 0.3) is 0 Å². The topological polar surface area (TPSA) is 50.9 Å². The summed E-state index contributed by atoms with van der Waals surface area (Å²) in [5, 5.41) is 4.24. The summed E-state index contributed by atoms with van der Waals surface area (Å²) in [5.41, 5.74) is 8.12. The molecule has 2 aromatic rings. The Balaban J connectivity index is 2.18. The van der Waals surface area contributed by atoms with Gasteiger partial charge in [0.25, 0.3) is 0 Å². The number of rotatable bonds is 5. The van der Waals surface area contributed by atoms with E-state index in [4.69, 9.17) is 17.3 Å². The third-order valence-electron chi connectivity index (χ3n) is 3.01. The molecule has 1 aromatic heterocycles. The summed E-state index contributed by atoms with van der Waals surface area (Å²) in [7, 11) is 0. The fourth-order valence-corrected chi connectivity index (χ4v) is 2.23. The van der Waals surface area contributed by atoms with Gasteiger partial charge < -0.3 is 11.1 Å². The minimum absolute atomic E-state index is 0.254. The number of anilines is 1. The molecular formula is C15H18ClN3. The van der Waals surface area contributed by atoms with E-state index < -0.39 is 0 Å². The van der Waals surface area contributed by atoms with Gasteiger partial charge in [0.2, 0.25) is 0 Å². The van der Waals surface area contributed by atoms with Crippen molar-refractivity contribution in [2.24, 2.45) is 0 Å². The van der Waals surface area contributed by atoms with Crippen molar-refractivity contribution < 1.29 is 0 Å². The zero-order valence-corrected chi connectivity index (χ0v) is 11.7. The second-order valence-electron chi connectivity index (χ2n) is 4.45. The van der Waals surface area contributed by atoms with Gasteiger partial charge in [0.05, 0.1) is 0 Å². The third-order valence-corrected chi connectivity index (χ3v) is 3.26. The summed E-state index contributed by atoms with van der Waals surface area (Å²) in [4.78, 5) is 4.02. The van der Waals surface area contributed by atoms with Gasteiger partial charge >= 0.3 is 0 Å². The van der Waals surface area contributed by atoms with Crippen LogP contribution in [0.5, 0.6) is 0 Å². The van der Waals surface area contributed by atoms with E-state index in [1.807, 2.05) is 24.3 Å². The molecule has 1 heterocycles. The minimum Gasteiger partial charge on any atom is -0.384 e. The Bertz CT molecular complexity index is 525. The lowest BCUT2D eigenvalue weighted by Gasteiger charge is -2.18. The number of nitrogens with one attached hydrogen (secondary N) is 1. The average molecular weight is 276 g/mol. The van der Waals surface area contributed by atoms with Crippen molar-refractivity contribution in [2.75, 3.05) is 12.3 Å². The van der Waals surface area contributed by atoms with Crippen molar-refractivity contribution >= 4 is 17.4 Å². The summed E-state index contributed by atoms with van der Waals surface area (Å²) >= 11 is 5.93. The molecule has 1 atom stereocenters. The minimum atomic E-state index is 0.254. The Morgan fingerprint density at radius 2 is 2.00 bits per heavy atom. The zero-order valence-electron chi connectivity index (χ0n) is 10.9. The van der Waals surface area contributed by atoms with Crippen LogP contribution in [0.1, 0.15) is 24.1 Å². The molecule has 2 rings (SSSR count). The van der Waals surface area contributed by atoms with Crippen molar-refractivity contribution in [1.29, 1.82) is 0 Å². The number of likely N-dealkylation sites (N-methyl/N-ethyl adjacent to an activating group) is 1. The lowest BCUT2D eigenvalue weighted by molar-refractivity contribution is 0.550. The maximum Gasteiger partial charge on any atom is 0.123 e. The second kappa shape index (κ2) is 6.55. The molecule has 19 heavy (non-hydrogen) atoms. The van der Waals surface area contributed by atoms with Crippen LogP contribution >= 0.6 is 11.6 Å². The fourth-order valence-electron chi connectivity index (χ4n) is 2.11. The van der Waals surface area contributed by atoms with E-state index in [-0.39, 0.29) is 6.04 Å². The molecule has 0 radical (unpaired) electrons. The molecule has 4 heteroatoms. The zero-order chi connectivity index (χ0) is 13.7. The van der Waals surface area contributed by atoms with Crippen LogP contribution in [0.4, 0.5) is 5.82 Å². The van der Waals surface area contributed by atoms with Crippen LogP contribution in [0, 0.1) is 0 Å². The number of hydrogen-bond acceptors (Lipinski definition) is 3. The van der Waals surface area contributed by atoms with E-state index in [9.17, 15) is 0 Å². The van der Waals surface area contributed by atoms with Crippen LogP contribution < -0.4 is 11.1 Å². The van der Waals surface area contributed by atoms with Crippen molar-refractivity contribution in [2.45, 2.75) is 19.4 Å². The number of nitrogens with two attached hydrogens (primary N) is 1. The van der Waals surface area contributed by atoms with Crippen molar-refractivity contribution in [3.8, 4) is 0 Å². The highest BCUT2D eigenvalue weighted by molar-refractivity contribution is 6.30. The van der Waals surface area contributed by atoms with Gasteiger partial charge in [-0.2, -0.15) is 0 Å². The first-order chi connectivity index (χ1) is 9.19. The maximum absolute atomic E-state index is 5.93. The number of halogens is 1. The van der Waals surface area contributed by atoms with Crippen LogP contribution in [-0.2, 0) is 6.42 Å². The molecular weight excluding hydrogens is 258 g/mol. The average Bonchev–Trinajstić information content (AvgIpc) is 2.39. The Morgan fingerprint density at radius 3 is 2.63 bits per heavy atom. The SMILES string of the molecule is CCNC(Cc1ccnc(N)c1)c1ccc(Cl)cc1. The first kappa shape index (κ1) is 13.8. The summed E-state index contributed by atoms with van der Waals surface area (Å²) in [5.74, 6) is 0.559. The number of benzene rings is 1. The van der Waals surface area contributed by atoms with Gasteiger partial charge in [0.15, 0.2) is 0 Å². The fraction of sp³-hybridized carbons (Fsp3) is 0.267. The van der Waals surface area contributed by atoms with Crippen LogP contribution in [0.2, 0.25) is 5.02 Å². The molecule has 0 saturated carbocycles. The Morgan fingerprint density at radius 1 is 1.26 bits per heavy atom. The lowest BCUT2D eigenvalue weighted by atomic mass is 9.99. The molecule has 0 spiro atoms. The molecule has 0 bridgehead atoms. The van der Waals surface area contributed by atoms with Gasteiger partial charge in [-0.25, -0.2) is 4.98 Å². The molecule has 0 fully saturated rings. The molecule has 0 aliphatic heterocycles. The van der Waals surface area contributed by atoms with E-state index in [0.717, 1.165) is 18.0 Å². The number of aromatic nitrogens is 1. The summed E-state index contributed by atoms with van der Waals surface area (Å²) in [6.45, 7) is 3.01. The normalized spacial score (nSPS) is 12.3. The number of nitrogens with zero attached hydrogens (tertiary/aromatic N) is 1. The van der Waals surface area contributed by atoms with Crippen molar-refractivity contribution in [3.05, 3.63) is 58.7 Å². The van der Waals surface area contributed by atoms with Gasteiger partial charge in [0, 0.05) is 17.3 Å². The predicted octanol–water partition coefficient (Wildman–Crippen LogP) is 3.21. The Labute approximate surface area is 118 Å². The highest BCUT2D eigenvalue weighted by Gasteiger charge is 2.11. The predicted molar refractivity (Wildman–Crippen MR) is 80.2 cm³/mol. The Kier molecular flexibility index (Phi) is 4.77.